The first kappa shape index (κ1) is 14.0. The molecule has 0 spiro atoms. The molecule has 0 saturated carbocycles. The van der Waals surface area contributed by atoms with Crippen LogP contribution in [0.2, 0.25) is 0 Å². The highest BCUT2D eigenvalue weighted by Gasteiger charge is 2.28. The Hall–Kier alpha value is -1.92. The molecular weight excluding hydrogens is 268 g/mol. The predicted molar refractivity (Wildman–Crippen MR) is 79.8 cm³/mol. The summed E-state index contributed by atoms with van der Waals surface area (Å²) >= 11 is 0. The third-order valence-electron chi connectivity index (χ3n) is 3.47. The zero-order valence-electron chi connectivity index (χ0n) is 12.5. The highest BCUT2D eigenvalue weighted by molar-refractivity contribution is 5.62. The van der Waals surface area contributed by atoms with Crippen molar-refractivity contribution >= 4 is 5.69 Å². The molecule has 1 aromatic carbocycles. The van der Waals surface area contributed by atoms with Gasteiger partial charge in [0.05, 0.1) is 19.3 Å². The van der Waals surface area contributed by atoms with Crippen LogP contribution in [0.25, 0.3) is 11.4 Å². The van der Waals surface area contributed by atoms with Crippen LogP contribution in [0.1, 0.15) is 13.8 Å². The van der Waals surface area contributed by atoms with Gasteiger partial charge in [-0.1, -0.05) is 12.1 Å². The maximum absolute atomic E-state index is 5.66. The van der Waals surface area contributed by atoms with Crippen molar-refractivity contribution in [1.82, 2.24) is 14.8 Å². The van der Waals surface area contributed by atoms with Gasteiger partial charge in [-0.3, -0.25) is 0 Å². The molecule has 1 N–H and O–H groups in total. The molecule has 0 bridgehead atoms. The van der Waals surface area contributed by atoms with Crippen LogP contribution < -0.4 is 5.32 Å². The highest BCUT2D eigenvalue weighted by atomic mass is 16.7. The van der Waals surface area contributed by atoms with Crippen LogP contribution in [-0.2, 0) is 16.5 Å². The molecule has 6 heteroatoms. The number of nitrogens with zero attached hydrogens (tertiary/aromatic N) is 3. The number of aryl methyl sites for hydroxylation is 1. The monoisotopic (exact) mass is 288 g/mol. The first-order chi connectivity index (χ1) is 10.0. The molecule has 3 rings (SSSR count). The van der Waals surface area contributed by atoms with Crippen molar-refractivity contribution in [3.05, 3.63) is 30.6 Å². The van der Waals surface area contributed by atoms with E-state index in [-0.39, 0.29) is 6.04 Å². The van der Waals surface area contributed by atoms with E-state index in [0.29, 0.717) is 13.2 Å². The smallest absolute Gasteiger partial charge is 0.163 e. The van der Waals surface area contributed by atoms with Crippen LogP contribution in [0.5, 0.6) is 0 Å². The van der Waals surface area contributed by atoms with E-state index in [9.17, 15) is 0 Å². The summed E-state index contributed by atoms with van der Waals surface area (Å²) in [7, 11) is 1.93. The van der Waals surface area contributed by atoms with E-state index < -0.39 is 5.79 Å². The van der Waals surface area contributed by atoms with E-state index in [0.717, 1.165) is 17.1 Å². The van der Waals surface area contributed by atoms with E-state index in [1.807, 2.05) is 43.7 Å². The van der Waals surface area contributed by atoms with Crippen molar-refractivity contribution < 1.29 is 9.47 Å². The van der Waals surface area contributed by atoms with Crippen molar-refractivity contribution in [3.63, 3.8) is 0 Å². The fourth-order valence-electron chi connectivity index (χ4n) is 2.30. The van der Waals surface area contributed by atoms with Gasteiger partial charge in [-0.15, -0.1) is 10.2 Å². The maximum atomic E-state index is 5.66. The minimum absolute atomic E-state index is 0.146. The molecule has 1 fully saturated rings. The Labute approximate surface area is 124 Å². The molecule has 112 valence electrons. The fourth-order valence-corrected chi connectivity index (χ4v) is 2.30. The quantitative estimate of drug-likeness (QED) is 0.936. The standard InChI is InChI=1S/C15H20N4O2/c1-15(2)20-8-13(9-21-15)17-12-6-4-5-11(7-12)14-18-16-10-19(14)3/h4-7,10,13,17H,8-9H2,1-3H3. The van der Waals surface area contributed by atoms with Crippen molar-refractivity contribution in [2.75, 3.05) is 18.5 Å². The lowest BCUT2D eigenvalue weighted by Gasteiger charge is -2.35. The summed E-state index contributed by atoms with van der Waals surface area (Å²) in [6.45, 7) is 5.11. The minimum atomic E-state index is -0.487. The van der Waals surface area contributed by atoms with Crippen molar-refractivity contribution in [2.45, 2.75) is 25.7 Å². The summed E-state index contributed by atoms with van der Waals surface area (Å²) in [5.74, 6) is 0.356. The molecule has 21 heavy (non-hydrogen) atoms. The molecule has 2 aromatic rings. The number of nitrogens with one attached hydrogen (secondary N) is 1. The summed E-state index contributed by atoms with van der Waals surface area (Å²) in [6, 6.07) is 8.25. The van der Waals surface area contributed by atoms with Crippen molar-refractivity contribution in [3.8, 4) is 11.4 Å². The number of anilines is 1. The zero-order chi connectivity index (χ0) is 14.9. The molecule has 1 aliphatic rings. The third-order valence-corrected chi connectivity index (χ3v) is 3.47. The van der Waals surface area contributed by atoms with Gasteiger partial charge in [0.15, 0.2) is 11.6 Å². The van der Waals surface area contributed by atoms with Crippen LogP contribution in [0.3, 0.4) is 0 Å². The SMILES string of the molecule is Cn1cnnc1-c1cccc(NC2COC(C)(C)OC2)c1. The molecule has 0 atom stereocenters. The van der Waals surface area contributed by atoms with Gasteiger partial charge in [0.25, 0.3) is 0 Å². The molecule has 1 aromatic heterocycles. The van der Waals surface area contributed by atoms with Crippen LogP contribution in [-0.4, -0.2) is 39.8 Å². The summed E-state index contributed by atoms with van der Waals surface area (Å²) in [4.78, 5) is 0. The second kappa shape index (κ2) is 5.46. The van der Waals surface area contributed by atoms with E-state index >= 15 is 0 Å². The number of benzene rings is 1. The van der Waals surface area contributed by atoms with Crippen molar-refractivity contribution in [1.29, 1.82) is 0 Å². The highest BCUT2D eigenvalue weighted by Crippen LogP contribution is 2.23. The molecule has 6 nitrogen and oxygen atoms in total. The molecule has 0 radical (unpaired) electrons. The predicted octanol–water partition coefficient (Wildman–Crippen LogP) is 2.05. The third kappa shape index (κ3) is 3.22. The number of aromatic nitrogens is 3. The summed E-state index contributed by atoms with van der Waals surface area (Å²) in [5, 5.41) is 11.5. The van der Waals surface area contributed by atoms with Gasteiger partial charge < -0.3 is 19.4 Å². The maximum Gasteiger partial charge on any atom is 0.163 e. The van der Waals surface area contributed by atoms with Gasteiger partial charge in [0, 0.05) is 18.3 Å². The molecule has 0 aliphatic carbocycles. The second-order valence-electron chi connectivity index (χ2n) is 5.71. The second-order valence-corrected chi connectivity index (χ2v) is 5.71. The summed E-state index contributed by atoms with van der Waals surface area (Å²) < 4.78 is 13.2. The fraction of sp³-hybridized carbons (Fsp3) is 0.467. The Kier molecular flexibility index (Phi) is 3.65. The van der Waals surface area contributed by atoms with Gasteiger partial charge >= 0.3 is 0 Å². The summed E-state index contributed by atoms with van der Waals surface area (Å²) in [6.07, 6.45) is 1.69. The van der Waals surface area contributed by atoms with Crippen molar-refractivity contribution in [2.24, 2.45) is 7.05 Å². The zero-order valence-corrected chi connectivity index (χ0v) is 12.5. The number of ether oxygens (including phenoxy) is 2. The lowest BCUT2D eigenvalue weighted by molar-refractivity contribution is -0.247. The molecule has 0 amide bonds. The minimum Gasteiger partial charge on any atom is -0.378 e. The average Bonchev–Trinajstić information content (AvgIpc) is 2.88. The molecule has 0 unspecified atom stereocenters. The van der Waals surface area contributed by atoms with Gasteiger partial charge in [-0.25, -0.2) is 0 Å². The number of rotatable bonds is 3. The Morgan fingerprint density at radius 3 is 2.71 bits per heavy atom. The van der Waals surface area contributed by atoms with Gasteiger partial charge in [-0.05, 0) is 26.0 Å². The number of hydrogen-bond donors (Lipinski definition) is 1. The van der Waals surface area contributed by atoms with Gasteiger partial charge in [0.2, 0.25) is 0 Å². The Morgan fingerprint density at radius 2 is 2.05 bits per heavy atom. The Balaban J connectivity index is 1.71. The van der Waals surface area contributed by atoms with Crippen LogP contribution in [0, 0.1) is 0 Å². The van der Waals surface area contributed by atoms with E-state index in [1.54, 1.807) is 6.33 Å². The first-order valence-corrected chi connectivity index (χ1v) is 7.02. The number of hydrogen-bond acceptors (Lipinski definition) is 5. The first-order valence-electron chi connectivity index (χ1n) is 7.02. The molecule has 1 aliphatic heterocycles. The average molecular weight is 288 g/mol. The van der Waals surface area contributed by atoms with Gasteiger partial charge in [0.1, 0.15) is 6.33 Å². The van der Waals surface area contributed by atoms with Crippen LogP contribution in [0.15, 0.2) is 30.6 Å². The largest absolute Gasteiger partial charge is 0.378 e. The lowest BCUT2D eigenvalue weighted by atomic mass is 10.1. The van der Waals surface area contributed by atoms with Crippen LogP contribution >= 0.6 is 0 Å². The van der Waals surface area contributed by atoms with E-state index in [2.05, 4.69) is 21.6 Å². The molecular formula is C15H20N4O2. The van der Waals surface area contributed by atoms with Gasteiger partial charge in [-0.2, -0.15) is 0 Å². The van der Waals surface area contributed by atoms with E-state index in [1.165, 1.54) is 0 Å². The molecule has 1 saturated heterocycles. The summed E-state index contributed by atoms with van der Waals surface area (Å²) in [5.41, 5.74) is 2.05. The Bertz CT molecular complexity index is 614. The topological polar surface area (TPSA) is 61.2 Å². The normalized spacial score (nSPS) is 18.6. The van der Waals surface area contributed by atoms with E-state index in [4.69, 9.17) is 9.47 Å². The lowest BCUT2D eigenvalue weighted by Crippen LogP contribution is -2.45. The Morgan fingerprint density at radius 1 is 1.29 bits per heavy atom. The van der Waals surface area contributed by atoms with Crippen LogP contribution in [0.4, 0.5) is 5.69 Å². The molecule has 2 heterocycles.